The third-order valence-electron chi connectivity index (χ3n) is 4.77. The van der Waals surface area contributed by atoms with Gasteiger partial charge in [0.25, 0.3) is 5.76 Å². The van der Waals surface area contributed by atoms with Gasteiger partial charge in [0.1, 0.15) is 0 Å². The molecule has 0 saturated carbocycles. The first-order chi connectivity index (χ1) is 15.0. The summed E-state index contributed by atoms with van der Waals surface area (Å²) in [6, 6.07) is 12.7. The van der Waals surface area contributed by atoms with Gasteiger partial charge in [-0.25, -0.2) is 9.59 Å². The fourth-order valence-corrected chi connectivity index (χ4v) is 4.09. The molecule has 1 aromatic heterocycles. The average molecular weight is 487 g/mol. The molecule has 0 bridgehead atoms. The van der Waals surface area contributed by atoms with Crippen LogP contribution in [0.15, 0.2) is 58.9 Å². The van der Waals surface area contributed by atoms with Gasteiger partial charge in [-0.15, -0.1) is 4.57 Å². The van der Waals surface area contributed by atoms with E-state index in [2.05, 4.69) is 20.7 Å². The van der Waals surface area contributed by atoms with Gasteiger partial charge in [-0.2, -0.15) is 0 Å². The van der Waals surface area contributed by atoms with E-state index >= 15 is 0 Å². The molecular formula is C22H17BrNO7+. The molecule has 1 aliphatic heterocycles. The number of carbonyl (C=O) groups is 2. The SMILES string of the molecule is COC(=O)/C(O)=C(\C(=O)OC)[n+]1cc2cc3c(cc2c(Br)c1-c1ccccc1)OCO3. The van der Waals surface area contributed by atoms with Gasteiger partial charge in [0, 0.05) is 10.9 Å². The highest BCUT2D eigenvalue weighted by Gasteiger charge is 2.36. The summed E-state index contributed by atoms with van der Waals surface area (Å²) < 4.78 is 22.4. The molecule has 1 aliphatic rings. The first-order valence-electron chi connectivity index (χ1n) is 9.09. The van der Waals surface area contributed by atoms with Gasteiger partial charge in [0.15, 0.2) is 17.7 Å². The van der Waals surface area contributed by atoms with Crippen molar-refractivity contribution >= 4 is 44.3 Å². The van der Waals surface area contributed by atoms with Gasteiger partial charge in [-0.1, -0.05) is 18.2 Å². The Labute approximate surface area is 185 Å². The van der Waals surface area contributed by atoms with Crippen molar-refractivity contribution in [3.63, 3.8) is 0 Å². The Hall–Kier alpha value is -3.59. The van der Waals surface area contributed by atoms with E-state index in [0.717, 1.165) is 19.6 Å². The Morgan fingerprint density at radius 1 is 1.03 bits per heavy atom. The lowest BCUT2D eigenvalue weighted by atomic mass is 10.1. The van der Waals surface area contributed by atoms with Crippen molar-refractivity contribution in [2.75, 3.05) is 21.0 Å². The summed E-state index contributed by atoms with van der Waals surface area (Å²) in [4.78, 5) is 24.8. The smallest absolute Gasteiger partial charge is 0.408 e. The summed E-state index contributed by atoms with van der Waals surface area (Å²) in [5.41, 5.74) is 0.823. The predicted octanol–water partition coefficient (Wildman–Crippen LogP) is 3.36. The van der Waals surface area contributed by atoms with E-state index in [1.807, 2.05) is 36.4 Å². The van der Waals surface area contributed by atoms with E-state index in [4.69, 9.17) is 14.2 Å². The van der Waals surface area contributed by atoms with Crippen molar-refractivity contribution in [3.05, 3.63) is 58.9 Å². The second-order valence-corrected chi connectivity index (χ2v) is 7.29. The van der Waals surface area contributed by atoms with Crippen LogP contribution in [0.5, 0.6) is 11.5 Å². The molecule has 0 amide bonds. The van der Waals surface area contributed by atoms with Gasteiger partial charge < -0.3 is 24.1 Å². The number of hydrogen-bond acceptors (Lipinski definition) is 7. The number of nitrogens with zero attached hydrogens (tertiary/aromatic N) is 1. The number of aliphatic hydroxyl groups is 1. The molecule has 158 valence electrons. The van der Waals surface area contributed by atoms with E-state index in [-0.39, 0.29) is 6.79 Å². The molecule has 0 radical (unpaired) electrons. The number of fused-ring (bicyclic) bond motifs is 2. The summed E-state index contributed by atoms with van der Waals surface area (Å²) in [7, 11) is 2.26. The molecule has 2 heterocycles. The van der Waals surface area contributed by atoms with Crippen molar-refractivity contribution in [1.82, 2.24) is 0 Å². The number of aromatic nitrogens is 1. The number of aliphatic hydroxyl groups excluding tert-OH is 1. The summed E-state index contributed by atoms with van der Waals surface area (Å²) in [6.07, 6.45) is 1.61. The molecule has 3 aromatic rings. The number of esters is 2. The fraction of sp³-hybridized carbons (Fsp3) is 0.136. The lowest BCUT2D eigenvalue weighted by Crippen LogP contribution is -2.41. The van der Waals surface area contributed by atoms with Crippen LogP contribution < -0.4 is 14.0 Å². The lowest BCUT2D eigenvalue weighted by molar-refractivity contribution is -0.566. The van der Waals surface area contributed by atoms with E-state index < -0.39 is 23.4 Å². The molecule has 2 aromatic carbocycles. The normalized spacial score (nSPS) is 13.0. The van der Waals surface area contributed by atoms with Crippen LogP contribution in [0, 0.1) is 0 Å². The molecular weight excluding hydrogens is 470 g/mol. The highest BCUT2D eigenvalue weighted by molar-refractivity contribution is 9.10. The van der Waals surface area contributed by atoms with Crippen molar-refractivity contribution in [2.45, 2.75) is 0 Å². The second kappa shape index (κ2) is 8.27. The largest absolute Gasteiger partial charge is 0.497 e. The summed E-state index contributed by atoms with van der Waals surface area (Å²) in [6.45, 7) is 0.102. The third-order valence-corrected chi connectivity index (χ3v) is 5.57. The van der Waals surface area contributed by atoms with E-state index in [1.54, 1.807) is 12.3 Å². The number of rotatable bonds is 4. The van der Waals surface area contributed by atoms with Gasteiger partial charge in [0.05, 0.1) is 24.1 Å². The number of halogens is 1. The Balaban J connectivity index is 2.13. The molecule has 9 heteroatoms. The maximum Gasteiger partial charge on any atom is 0.408 e. The minimum absolute atomic E-state index is 0.102. The first kappa shape index (κ1) is 20.7. The molecule has 0 saturated heterocycles. The van der Waals surface area contributed by atoms with E-state index in [1.165, 1.54) is 4.57 Å². The maximum atomic E-state index is 12.7. The summed E-state index contributed by atoms with van der Waals surface area (Å²) in [5, 5.41) is 12.0. The highest BCUT2D eigenvalue weighted by atomic mass is 79.9. The molecule has 0 atom stereocenters. The maximum absolute atomic E-state index is 12.7. The van der Waals surface area contributed by atoms with Crippen LogP contribution in [0.25, 0.3) is 27.7 Å². The van der Waals surface area contributed by atoms with Crippen LogP contribution in [0.1, 0.15) is 0 Å². The van der Waals surface area contributed by atoms with Crippen LogP contribution in [0.3, 0.4) is 0 Å². The molecule has 0 spiro atoms. The fourth-order valence-electron chi connectivity index (χ4n) is 3.33. The Morgan fingerprint density at radius 2 is 1.68 bits per heavy atom. The van der Waals surface area contributed by atoms with Gasteiger partial charge in [0.2, 0.25) is 12.5 Å². The first-order valence-corrected chi connectivity index (χ1v) is 9.88. The average Bonchev–Trinajstić information content (AvgIpc) is 3.25. The van der Waals surface area contributed by atoms with Crippen molar-refractivity contribution in [3.8, 4) is 22.8 Å². The monoisotopic (exact) mass is 486 g/mol. The molecule has 4 rings (SSSR count). The molecule has 1 N–H and O–H groups in total. The zero-order chi connectivity index (χ0) is 22.1. The van der Waals surface area contributed by atoms with Gasteiger partial charge in [-0.3, -0.25) is 0 Å². The molecule has 0 unspecified atom stereocenters. The van der Waals surface area contributed by atoms with Gasteiger partial charge >= 0.3 is 17.6 Å². The standard InChI is InChI=1S/C22H16BrNO7/c1-28-21(26)19(20(25)22(27)29-2)24-10-13-8-15-16(31-11-30-15)9-14(13)17(23)18(24)12-6-4-3-5-7-12/h3-10H,11H2,1-2H3/p+1. The molecule has 0 fully saturated rings. The van der Waals surface area contributed by atoms with Crippen LogP contribution in [0.4, 0.5) is 0 Å². The van der Waals surface area contributed by atoms with Crippen molar-refractivity contribution in [2.24, 2.45) is 0 Å². The number of carbonyl (C=O) groups excluding carboxylic acids is 2. The number of pyridine rings is 1. The van der Waals surface area contributed by atoms with E-state index in [0.29, 0.717) is 32.6 Å². The van der Waals surface area contributed by atoms with Crippen molar-refractivity contribution in [1.29, 1.82) is 0 Å². The van der Waals surface area contributed by atoms with Crippen LogP contribution >= 0.6 is 15.9 Å². The summed E-state index contributed by atoms with van der Waals surface area (Å²) >= 11 is 3.63. The second-order valence-electron chi connectivity index (χ2n) is 6.50. The minimum Gasteiger partial charge on any atom is -0.497 e. The topological polar surface area (TPSA) is 95.2 Å². The molecule has 31 heavy (non-hydrogen) atoms. The lowest BCUT2D eigenvalue weighted by Gasteiger charge is -2.11. The molecule has 8 nitrogen and oxygen atoms in total. The van der Waals surface area contributed by atoms with Crippen molar-refractivity contribution < 1.29 is 38.2 Å². The number of methoxy groups -OCH3 is 2. The zero-order valence-corrected chi connectivity index (χ0v) is 18.1. The predicted molar refractivity (Wildman–Crippen MR) is 113 cm³/mol. The Bertz CT molecular complexity index is 1240. The minimum atomic E-state index is -1.08. The van der Waals surface area contributed by atoms with Crippen LogP contribution in [0.2, 0.25) is 0 Å². The zero-order valence-electron chi connectivity index (χ0n) is 16.5. The van der Waals surface area contributed by atoms with Gasteiger partial charge in [-0.05, 0) is 40.2 Å². The Morgan fingerprint density at radius 3 is 2.32 bits per heavy atom. The molecule has 0 aliphatic carbocycles. The quantitative estimate of drug-likeness (QED) is 0.261. The van der Waals surface area contributed by atoms with E-state index in [9.17, 15) is 14.7 Å². The third kappa shape index (κ3) is 3.57. The Kier molecular flexibility index (Phi) is 5.51. The van der Waals surface area contributed by atoms with Crippen LogP contribution in [-0.4, -0.2) is 38.1 Å². The number of benzene rings is 2. The van der Waals surface area contributed by atoms with Crippen LogP contribution in [-0.2, 0) is 19.1 Å². The highest BCUT2D eigenvalue weighted by Crippen LogP contribution is 2.40. The number of ether oxygens (including phenoxy) is 4. The number of hydrogen-bond donors (Lipinski definition) is 1. The summed E-state index contributed by atoms with van der Waals surface area (Å²) in [5.74, 6) is -1.75.